The summed E-state index contributed by atoms with van der Waals surface area (Å²) in [7, 11) is 1.71. The molecule has 6 atom stereocenters. The molecular weight excluding hydrogens is 368 g/mol. The van der Waals surface area contributed by atoms with Crippen molar-refractivity contribution >= 4 is 5.69 Å². The number of fused-ring (bicyclic) bond motifs is 1. The van der Waals surface area contributed by atoms with Gasteiger partial charge in [-0.25, -0.2) is 0 Å². The normalized spacial score (nSPS) is 42.1. The Bertz CT molecular complexity index is 842. The highest BCUT2D eigenvalue weighted by Crippen LogP contribution is 2.68. The number of methoxy groups -OCH3 is 1. The second-order valence-electron chi connectivity index (χ2n) is 9.87. The lowest BCUT2D eigenvalue weighted by molar-refractivity contribution is -0.127. The topological polar surface area (TPSA) is 65.4 Å². The fourth-order valence-corrected chi connectivity index (χ4v) is 8.05. The first-order valence-corrected chi connectivity index (χ1v) is 11.2. The van der Waals surface area contributed by atoms with E-state index in [0.29, 0.717) is 13.0 Å². The van der Waals surface area contributed by atoms with Gasteiger partial charge in [0.25, 0.3) is 0 Å². The van der Waals surface area contributed by atoms with Crippen molar-refractivity contribution < 1.29 is 19.7 Å². The van der Waals surface area contributed by atoms with Crippen LogP contribution in [0.2, 0.25) is 0 Å². The summed E-state index contributed by atoms with van der Waals surface area (Å²) in [4.78, 5) is 5.19. The molecule has 2 N–H and O–H groups in total. The number of anilines is 1. The van der Waals surface area contributed by atoms with E-state index in [1.165, 1.54) is 11.3 Å². The Morgan fingerprint density at radius 1 is 1.28 bits per heavy atom. The summed E-state index contributed by atoms with van der Waals surface area (Å²) in [6.45, 7) is 5.20. The summed E-state index contributed by atoms with van der Waals surface area (Å²) in [6, 6.07) is 5.17. The Hall–Kier alpha value is -1.50. The van der Waals surface area contributed by atoms with Crippen LogP contribution in [0.4, 0.5) is 5.69 Å². The maximum Gasteiger partial charge on any atom is 0.184 e. The number of benzene rings is 1. The van der Waals surface area contributed by atoms with Gasteiger partial charge in [-0.3, -0.25) is 4.90 Å². The van der Waals surface area contributed by atoms with Crippen LogP contribution >= 0.6 is 0 Å². The summed E-state index contributed by atoms with van der Waals surface area (Å²) in [5, 5.41) is 21.5. The van der Waals surface area contributed by atoms with E-state index in [9.17, 15) is 10.2 Å². The molecule has 29 heavy (non-hydrogen) atoms. The first kappa shape index (κ1) is 18.3. The largest absolute Gasteiger partial charge is 0.493 e. The van der Waals surface area contributed by atoms with E-state index in [2.05, 4.69) is 28.9 Å². The molecule has 6 heteroatoms. The number of ether oxygens (including phenoxy) is 2. The highest BCUT2D eigenvalue weighted by Gasteiger charge is 2.71. The number of piperidine rings is 1. The minimum absolute atomic E-state index is 0.00681. The van der Waals surface area contributed by atoms with E-state index in [1.807, 2.05) is 0 Å². The monoisotopic (exact) mass is 400 g/mol. The maximum absolute atomic E-state index is 11.5. The molecule has 1 saturated carbocycles. The van der Waals surface area contributed by atoms with Crippen LogP contribution in [0.3, 0.4) is 0 Å². The number of aliphatic hydroxyl groups is 2. The fraction of sp³-hybridized carbons (Fsp3) is 0.739. The summed E-state index contributed by atoms with van der Waals surface area (Å²) in [5.41, 5.74) is 2.36. The van der Waals surface area contributed by atoms with E-state index in [-0.39, 0.29) is 41.7 Å². The van der Waals surface area contributed by atoms with Crippen molar-refractivity contribution in [1.82, 2.24) is 4.90 Å². The van der Waals surface area contributed by atoms with Gasteiger partial charge in [-0.05, 0) is 63.7 Å². The van der Waals surface area contributed by atoms with Gasteiger partial charge < -0.3 is 24.6 Å². The third-order valence-electron chi connectivity index (χ3n) is 8.93. The number of hydrogen-bond donors (Lipinski definition) is 2. The van der Waals surface area contributed by atoms with Crippen molar-refractivity contribution in [3.8, 4) is 11.5 Å². The van der Waals surface area contributed by atoms with E-state index in [1.54, 1.807) is 7.11 Å². The molecule has 1 spiro atoms. The molecule has 6 unspecified atom stereocenters. The average Bonchev–Trinajstić information content (AvgIpc) is 3.25. The van der Waals surface area contributed by atoms with Gasteiger partial charge in [0.05, 0.1) is 24.9 Å². The summed E-state index contributed by atoms with van der Waals surface area (Å²) in [6.07, 6.45) is 4.31. The molecule has 5 aliphatic rings. The molecule has 1 aliphatic carbocycles. The Balaban J connectivity index is 1.61. The molecule has 158 valence electrons. The molecule has 1 aromatic carbocycles. The van der Waals surface area contributed by atoms with Crippen molar-refractivity contribution in [2.24, 2.45) is 5.41 Å². The second kappa shape index (κ2) is 6.02. The minimum atomic E-state index is -0.381. The Kier molecular flexibility index (Phi) is 3.80. The van der Waals surface area contributed by atoms with Crippen LogP contribution in [0, 0.1) is 5.41 Å². The van der Waals surface area contributed by atoms with Crippen molar-refractivity contribution in [2.75, 3.05) is 38.3 Å². The van der Waals surface area contributed by atoms with E-state index in [4.69, 9.17) is 9.47 Å². The van der Waals surface area contributed by atoms with Gasteiger partial charge in [0.2, 0.25) is 0 Å². The van der Waals surface area contributed by atoms with Crippen LogP contribution in [-0.4, -0.2) is 72.8 Å². The summed E-state index contributed by atoms with van der Waals surface area (Å²) < 4.78 is 11.9. The highest BCUT2D eigenvalue weighted by atomic mass is 16.5. The molecule has 0 amide bonds. The Labute approximate surface area is 172 Å². The third kappa shape index (κ3) is 1.99. The van der Waals surface area contributed by atoms with Crippen molar-refractivity contribution in [3.63, 3.8) is 0 Å². The molecule has 0 radical (unpaired) electrons. The summed E-state index contributed by atoms with van der Waals surface area (Å²) in [5.74, 6) is 1.68. The lowest BCUT2D eigenvalue weighted by Gasteiger charge is -2.61. The second-order valence-corrected chi connectivity index (χ2v) is 9.87. The van der Waals surface area contributed by atoms with E-state index >= 15 is 0 Å². The lowest BCUT2D eigenvalue weighted by atomic mass is 9.51. The van der Waals surface area contributed by atoms with Crippen LogP contribution in [0.1, 0.15) is 44.6 Å². The van der Waals surface area contributed by atoms with Crippen LogP contribution in [0.25, 0.3) is 0 Å². The van der Waals surface area contributed by atoms with Crippen molar-refractivity contribution in [3.05, 3.63) is 17.7 Å². The minimum Gasteiger partial charge on any atom is -0.493 e. The third-order valence-corrected chi connectivity index (χ3v) is 8.93. The molecule has 4 heterocycles. The zero-order chi connectivity index (χ0) is 20.0. The van der Waals surface area contributed by atoms with E-state index in [0.717, 1.165) is 50.3 Å². The van der Waals surface area contributed by atoms with Gasteiger partial charge in [0.15, 0.2) is 11.5 Å². The van der Waals surface area contributed by atoms with Gasteiger partial charge in [-0.2, -0.15) is 0 Å². The molecule has 0 aromatic heterocycles. The average molecular weight is 401 g/mol. The SMILES string of the molecule is COc1ccc2c3c1OCC(C)N3C1CC(O)C3(CCO)CCCN4CCC21C43. The predicted octanol–water partition coefficient (Wildman–Crippen LogP) is 1.90. The number of rotatable bonds is 3. The lowest BCUT2D eigenvalue weighted by Crippen LogP contribution is -2.70. The molecule has 2 saturated heterocycles. The fourth-order valence-electron chi connectivity index (χ4n) is 8.05. The molecule has 0 bridgehead atoms. The van der Waals surface area contributed by atoms with Crippen LogP contribution in [-0.2, 0) is 5.41 Å². The molecule has 4 aliphatic heterocycles. The Morgan fingerprint density at radius 2 is 2.14 bits per heavy atom. The van der Waals surface area contributed by atoms with E-state index < -0.39 is 0 Å². The van der Waals surface area contributed by atoms with Crippen LogP contribution < -0.4 is 14.4 Å². The van der Waals surface area contributed by atoms with Gasteiger partial charge in [-0.15, -0.1) is 0 Å². The molecule has 1 aromatic rings. The quantitative estimate of drug-likeness (QED) is 0.808. The summed E-state index contributed by atoms with van der Waals surface area (Å²) >= 11 is 0. The molecule has 6 rings (SSSR count). The van der Waals surface area contributed by atoms with Crippen LogP contribution in [0.15, 0.2) is 12.1 Å². The number of nitrogens with zero attached hydrogens (tertiary/aromatic N) is 2. The zero-order valence-corrected chi connectivity index (χ0v) is 17.4. The van der Waals surface area contributed by atoms with Gasteiger partial charge in [0.1, 0.15) is 6.61 Å². The molecular formula is C23H32N2O4. The van der Waals surface area contributed by atoms with Crippen LogP contribution in [0.5, 0.6) is 11.5 Å². The van der Waals surface area contributed by atoms with Crippen molar-refractivity contribution in [2.45, 2.75) is 68.7 Å². The van der Waals surface area contributed by atoms with Crippen molar-refractivity contribution in [1.29, 1.82) is 0 Å². The highest BCUT2D eigenvalue weighted by molar-refractivity contribution is 5.78. The maximum atomic E-state index is 11.5. The first-order valence-electron chi connectivity index (χ1n) is 11.2. The predicted molar refractivity (Wildman–Crippen MR) is 110 cm³/mol. The zero-order valence-electron chi connectivity index (χ0n) is 17.4. The van der Waals surface area contributed by atoms with Gasteiger partial charge >= 0.3 is 0 Å². The molecule has 6 nitrogen and oxygen atoms in total. The standard InChI is InChI=1S/C23H32N2O4/c1-14-13-29-20-16(28-2)5-4-15-19(20)25(14)17-12-18(27)22(8-11-26)6-3-9-24-10-7-23(15,17)21(22)24/h4-5,14,17-18,21,26-27H,3,6-13H2,1-2H3. The van der Waals surface area contributed by atoms with Gasteiger partial charge in [-0.1, -0.05) is 6.07 Å². The van der Waals surface area contributed by atoms with Gasteiger partial charge in [0, 0.05) is 29.5 Å². The first-order chi connectivity index (χ1) is 14.1. The molecule has 3 fully saturated rings. The Morgan fingerprint density at radius 3 is 2.93 bits per heavy atom. The number of aliphatic hydroxyl groups excluding tert-OH is 2. The number of hydrogen-bond acceptors (Lipinski definition) is 6. The smallest absolute Gasteiger partial charge is 0.184 e.